The molecular weight excluding hydrogens is 230 g/mol. The second kappa shape index (κ2) is 5.42. The van der Waals surface area contributed by atoms with Crippen LogP contribution in [-0.2, 0) is 0 Å². The number of nitrogens with zero attached hydrogens (tertiary/aromatic N) is 1. The van der Waals surface area contributed by atoms with E-state index in [0.29, 0.717) is 22.9 Å². The number of anilines is 2. The van der Waals surface area contributed by atoms with E-state index in [-0.39, 0.29) is 0 Å². The molecule has 0 atom stereocenters. The van der Waals surface area contributed by atoms with Crippen LogP contribution in [0.3, 0.4) is 0 Å². The van der Waals surface area contributed by atoms with Gasteiger partial charge in [0, 0.05) is 11.8 Å². The molecule has 0 aromatic heterocycles. The number of hydrogen-bond donors (Lipinski definition) is 0. The van der Waals surface area contributed by atoms with Crippen molar-refractivity contribution >= 4 is 11.4 Å². The van der Waals surface area contributed by atoms with E-state index in [4.69, 9.17) is 9.47 Å². The van der Waals surface area contributed by atoms with Crippen LogP contribution >= 0.6 is 0 Å². The fourth-order valence-corrected chi connectivity index (χ4v) is 1.66. The van der Waals surface area contributed by atoms with Crippen LogP contribution in [0.2, 0.25) is 0 Å². The van der Waals surface area contributed by atoms with Crippen molar-refractivity contribution in [1.29, 1.82) is 0 Å². The van der Waals surface area contributed by atoms with Crippen molar-refractivity contribution in [2.24, 2.45) is 0 Å². The van der Waals surface area contributed by atoms with Crippen molar-refractivity contribution < 1.29 is 9.47 Å². The fourth-order valence-electron chi connectivity index (χ4n) is 1.66. The lowest BCUT2D eigenvalue weighted by molar-refractivity contribution is 0.395. The van der Waals surface area contributed by atoms with E-state index in [0.717, 1.165) is 5.06 Å². The van der Waals surface area contributed by atoms with Gasteiger partial charge in [-0.3, -0.25) is 0 Å². The number of para-hydroxylation sites is 1. The van der Waals surface area contributed by atoms with Gasteiger partial charge in [-0.15, -0.1) is 0 Å². The normalized spacial score (nSPS) is 9.94. The molecule has 0 saturated carbocycles. The van der Waals surface area contributed by atoms with E-state index in [1.807, 2.05) is 18.2 Å². The van der Waals surface area contributed by atoms with Gasteiger partial charge in [-0.25, -0.2) is 0 Å². The maximum absolute atomic E-state index is 12.2. The summed E-state index contributed by atoms with van der Waals surface area (Å²) in [7, 11) is 3.09. The molecule has 4 heteroatoms. The minimum absolute atomic E-state index is 0.449. The predicted molar refractivity (Wildman–Crippen MR) is 71.5 cm³/mol. The highest BCUT2D eigenvalue weighted by Crippen LogP contribution is 2.35. The van der Waals surface area contributed by atoms with Crippen LogP contribution in [0, 0.1) is 5.21 Å². The van der Waals surface area contributed by atoms with Crippen LogP contribution in [0.5, 0.6) is 11.5 Å². The maximum atomic E-state index is 12.2. The first-order valence-corrected chi connectivity index (χ1v) is 5.50. The van der Waals surface area contributed by atoms with Gasteiger partial charge in [-0.2, -0.15) is 0 Å². The molecule has 0 fully saturated rings. The molecule has 0 saturated heterocycles. The highest BCUT2D eigenvalue weighted by Gasteiger charge is 2.07. The lowest BCUT2D eigenvalue weighted by atomic mass is 10.2. The zero-order valence-corrected chi connectivity index (χ0v) is 10.3. The van der Waals surface area contributed by atoms with Crippen molar-refractivity contribution in [2.45, 2.75) is 0 Å². The Bertz CT molecular complexity index is 514. The maximum Gasteiger partial charge on any atom is 0.145 e. The van der Waals surface area contributed by atoms with Gasteiger partial charge in [0.2, 0.25) is 0 Å². The molecule has 2 aromatic rings. The van der Waals surface area contributed by atoms with E-state index >= 15 is 0 Å². The van der Waals surface area contributed by atoms with Crippen molar-refractivity contribution in [2.75, 3.05) is 19.3 Å². The van der Waals surface area contributed by atoms with Crippen LogP contribution in [0.4, 0.5) is 11.4 Å². The van der Waals surface area contributed by atoms with E-state index < -0.39 is 0 Å². The van der Waals surface area contributed by atoms with E-state index in [9.17, 15) is 5.21 Å². The molecular formula is C14H14NO3-. The summed E-state index contributed by atoms with van der Waals surface area (Å²) in [6.07, 6.45) is 0. The van der Waals surface area contributed by atoms with Crippen molar-refractivity contribution in [3.8, 4) is 11.5 Å². The van der Waals surface area contributed by atoms with Crippen LogP contribution < -0.4 is 14.5 Å². The summed E-state index contributed by atoms with van der Waals surface area (Å²) in [6, 6.07) is 14.1. The lowest BCUT2D eigenvalue weighted by Gasteiger charge is -2.32. The Balaban J connectivity index is 2.38. The third-order valence-corrected chi connectivity index (χ3v) is 2.60. The summed E-state index contributed by atoms with van der Waals surface area (Å²) in [5, 5.41) is 13.1. The third kappa shape index (κ3) is 2.38. The Morgan fingerprint density at radius 1 is 0.944 bits per heavy atom. The van der Waals surface area contributed by atoms with E-state index in [2.05, 4.69) is 0 Å². The summed E-state index contributed by atoms with van der Waals surface area (Å²) in [5.74, 6) is 1.13. The second-order valence-electron chi connectivity index (χ2n) is 3.67. The molecule has 0 radical (unpaired) electrons. The Morgan fingerprint density at radius 2 is 1.67 bits per heavy atom. The summed E-state index contributed by atoms with van der Waals surface area (Å²) in [5.41, 5.74) is 1.01. The fraction of sp³-hybridized carbons (Fsp3) is 0.143. The summed E-state index contributed by atoms with van der Waals surface area (Å²) in [4.78, 5) is 0. The van der Waals surface area contributed by atoms with Gasteiger partial charge in [0.15, 0.2) is 0 Å². The molecule has 0 N–H and O–H groups in total. The highest BCUT2D eigenvalue weighted by molar-refractivity contribution is 5.71. The van der Waals surface area contributed by atoms with Crippen LogP contribution in [-0.4, -0.2) is 14.2 Å². The monoisotopic (exact) mass is 244 g/mol. The van der Waals surface area contributed by atoms with Crippen molar-refractivity contribution in [3.63, 3.8) is 0 Å². The quantitative estimate of drug-likeness (QED) is 0.774. The lowest BCUT2D eigenvalue weighted by Crippen LogP contribution is -2.08. The molecule has 0 bridgehead atoms. The first-order chi connectivity index (χ1) is 8.76. The summed E-state index contributed by atoms with van der Waals surface area (Å²) >= 11 is 0. The molecule has 2 aromatic carbocycles. The Kier molecular flexibility index (Phi) is 3.69. The number of ether oxygens (including phenoxy) is 2. The minimum atomic E-state index is 0.449. The smallest absolute Gasteiger partial charge is 0.145 e. The standard InChI is InChI=1S/C14H14NO3/c1-17-12-8-9-13(14(10-12)18-2)15(16)11-6-4-3-5-7-11/h3-10H,1-2H3/q-1. The Labute approximate surface area is 106 Å². The average Bonchev–Trinajstić information content (AvgIpc) is 2.46. The molecule has 0 aliphatic carbocycles. The third-order valence-electron chi connectivity index (χ3n) is 2.60. The largest absolute Gasteiger partial charge is 0.754 e. The van der Waals surface area contributed by atoms with Gasteiger partial charge in [0.25, 0.3) is 0 Å². The van der Waals surface area contributed by atoms with Crippen LogP contribution in [0.15, 0.2) is 48.5 Å². The topological polar surface area (TPSA) is 44.8 Å². The van der Waals surface area contributed by atoms with Crippen molar-refractivity contribution in [3.05, 3.63) is 53.7 Å². The molecule has 0 spiro atoms. The molecule has 94 valence electrons. The second-order valence-corrected chi connectivity index (χ2v) is 3.67. The van der Waals surface area contributed by atoms with Crippen molar-refractivity contribution in [1.82, 2.24) is 0 Å². The zero-order chi connectivity index (χ0) is 13.0. The SMILES string of the molecule is COc1ccc(N([O-])c2ccccc2)c(OC)c1. The van der Waals surface area contributed by atoms with Gasteiger partial charge < -0.3 is 19.7 Å². The van der Waals surface area contributed by atoms with Gasteiger partial charge in [-0.1, -0.05) is 18.2 Å². The number of hydrogen-bond acceptors (Lipinski definition) is 4. The minimum Gasteiger partial charge on any atom is -0.754 e. The molecule has 0 heterocycles. The molecule has 0 aliphatic rings. The van der Waals surface area contributed by atoms with E-state index in [1.165, 1.54) is 7.11 Å². The van der Waals surface area contributed by atoms with Gasteiger partial charge in [0.05, 0.1) is 19.9 Å². The zero-order valence-electron chi connectivity index (χ0n) is 10.3. The summed E-state index contributed by atoms with van der Waals surface area (Å²) in [6.45, 7) is 0. The predicted octanol–water partition coefficient (Wildman–Crippen LogP) is 3.34. The number of methoxy groups -OCH3 is 2. The number of benzene rings is 2. The highest BCUT2D eigenvalue weighted by atomic mass is 16.5. The first kappa shape index (κ1) is 12.3. The van der Waals surface area contributed by atoms with Crippen LogP contribution in [0.1, 0.15) is 0 Å². The van der Waals surface area contributed by atoms with Gasteiger partial charge >= 0.3 is 0 Å². The molecule has 2 rings (SSSR count). The van der Waals surface area contributed by atoms with Gasteiger partial charge in [-0.05, 0) is 24.3 Å². The molecule has 4 nitrogen and oxygen atoms in total. The van der Waals surface area contributed by atoms with E-state index in [1.54, 1.807) is 37.4 Å². The Morgan fingerprint density at radius 3 is 2.28 bits per heavy atom. The molecule has 0 unspecified atom stereocenters. The van der Waals surface area contributed by atoms with Crippen LogP contribution in [0.25, 0.3) is 0 Å². The Hall–Kier alpha value is -2.20. The molecule has 0 amide bonds. The molecule has 0 aliphatic heterocycles. The average molecular weight is 244 g/mol. The summed E-state index contributed by atoms with van der Waals surface area (Å²) < 4.78 is 10.3. The number of rotatable bonds is 4. The first-order valence-electron chi connectivity index (χ1n) is 5.50. The molecule has 18 heavy (non-hydrogen) atoms. The van der Waals surface area contributed by atoms with Gasteiger partial charge in [0.1, 0.15) is 11.5 Å².